The highest BCUT2D eigenvalue weighted by atomic mass is 16.4. The zero-order chi connectivity index (χ0) is 16.0. The largest absolute Gasteiger partial charge is 0.481 e. The van der Waals surface area contributed by atoms with Gasteiger partial charge in [-0.15, -0.1) is 0 Å². The maximum absolute atomic E-state index is 12.2. The van der Waals surface area contributed by atoms with Crippen LogP contribution in [0.3, 0.4) is 0 Å². The van der Waals surface area contributed by atoms with E-state index >= 15 is 0 Å². The first-order valence-electron chi connectivity index (χ1n) is 7.81. The molecule has 1 atom stereocenters. The van der Waals surface area contributed by atoms with Gasteiger partial charge in [-0.2, -0.15) is 0 Å². The fourth-order valence-corrected chi connectivity index (χ4v) is 2.64. The Labute approximate surface area is 127 Å². The Morgan fingerprint density at radius 2 is 2.00 bits per heavy atom. The molecule has 1 saturated heterocycles. The van der Waals surface area contributed by atoms with E-state index in [1.54, 1.807) is 4.90 Å². The number of nitrogens with one attached hydrogen (secondary N) is 1. The van der Waals surface area contributed by atoms with E-state index in [1.807, 2.05) is 13.8 Å². The molecule has 1 aliphatic heterocycles. The number of nitrogens with zero attached hydrogens (tertiary/aromatic N) is 2. The van der Waals surface area contributed by atoms with Crippen LogP contribution in [0.2, 0.25) is 0 Å². The number of carbonyl (C=O) groups is 2. The second-order valence-electron chi connectivity index (χ2n) is 6.36. The van der Waals surface area contributed by atoms with E-state index in [4.69, 9.17) is 5.11 Å². The summed E-state index contributed by atoms with van der Waals surface area (Å²) in [5.41, 5.74) is 0. The van der Waals surface area contributed by atoms with Crippen LogP contribution in [0, 0.1) is 5.92 Å². The van der Waals surface area contributed by atoms with Crippen molar-refractivity contribution >= 4 is 12.0 Å². The topological polar surface area (TPSA) is 72.9 Å². The number of aliphatic carboxylic acids is 1. The molecule has 122 valence electrons. The van der Waals surface area contributed by atoms with Gasteiger partial charge in [-0.05, 0) is 46.6 Å². The van der Waals surface area contributed by atoms with Crippen molar-refractivity contribution in [3.05, 3.63) is 0 Å². The van der Waals surface area contributed by atoms with E-state index in [2.05, 4.69) is 24.1 Å². The first-order chi connectivity index (χ1) is 9.81. The molecule has 1 heterocycles. The van der Waals surface area contributed by atoms with Gasteiger partial charge in [-0.25, -0.2) is 4.79 Å². The predicted molar refractivity (Wildman–Crippen MR) is 82.3 cm³/mol. The van der Waals surface area contributed by atoms with Gasteiger partial charge in [-0.3, -0.25) is 4.79 Å². The van der Waals surface area contributed by atoms with Gasteiger partial charge >= 0.3 is 12.0 Å². The third-order valence-corrected chi connectivity index (χ3v) is 4.04. The third kappa shape index (κ3) is 5.91. The fraction of sp³-hybridized carbons (Fsp3) is 0.867. The van der Waals surface area contributed by atoms with Crippen LogP contribution in [0.15, 0.2) is 0 Å². The van der Waals surface area contributed by atoms with Crippen molar-refractivity contribution < 1.29 is 14.7 Å². The lowest BCUT2D eigenvalue weighted by Gasteiger charge is -2.27. The smallest absolute Gasteiger partial charge is 0.317 e. The standard InChI is InChI=1S/C15H29N3O3/c1-11(2)17-7-5-13(10-17)9-16-15(21)18(12(3)4)8-6-14(19)20/h11-13H,5-10H2,1-4H3,(H,16,21)(H,19,20). The summed E-state index contributed by atoms with van der Waals surface area (Å²) in [7, 11) is 0. The van der Waals surface area contributed by atoms with Crippen LogP contribution in [0.25, 0.3) is 0 Å². The highest BCUT2D eigenvalue weighted by Crippen LogP contribution is 2.17. The Morgan fingerprint density at radius 3 is 2.48 bits per heavy atom. The van der Waals surface area contributed by atoms with Crippen molar-refractivity contribution in [2.75, 3.05) is 26.2 Å². The summed E-state index contributed by atoms with van der Waals surface area (Å²) in [5.74, 6) is -0.387. The number of carboxylic acid groups (broad SMARTS) is 1. The van der Waals surface area contributed by atoms with Crippen LogP contribution in [0.5, 0.6) is 0 Å². The van der Waals surface area contributed by atoms with Gasteiger partial charge in [0.25, 0.3) is 0 Å². The van der Waals surface area contributed by atoms with Crippen LogP contribution >= 0.6 is 0 Å². The monoisotopic (exact) mass is 299 g/mol. The molecule has 0 aromatic carbocycles. The molecule has 6 heteroatoms. The van der Waals surface area contributed by atoms with Crippen LogP contribution in [0.1, 0.15) is 40.5 Å². The molecular formula is C15H29N3O3. The van der Waals surface area contributed by atoms with Crippen molar-refractivity contribution in [3.63, 3.8) is 0 Å². The molecule has 21 heavy (non-hydrogen) atoms. The molecule has 0 saturated carbocycles. The minimum Gasteiger partial charge on any atom is -0.481 e. The molecule has 1 rings (SSSR count). The molecule has 0 aromatic rings. The number of rotatable bonds is 7. The van der Waals surface area contributed by atoms with E-state index in [0.29, 0.717) is 18.5 Å². The van der Waals surface area contributed by atoms with Gasteiger partial charge in [0.2, 0.25) is 0 Å². The molecule has 0 spiro atoms. The van der Waals surface area contributed by atoms with Crippen molar-refractivity contribution in [1.29, 1.82) is 0 Å². The van der Waals surface area contributed by atoms with E-state index in [-0.39, 0.29) is 25.0 Å². The van der Waals surface area contributed by atoms with Gasteiger partial charge in [0.15, 0.2) is 0 Å². The van der Waals surface area contributed by atoms with E-state index in [9.17, 15) is 9.59 Å². The number of amides is 2. The molecule has 6 nitrogen and oxygen atoms in total. The van der Waals surface area contributed by atoms with Crippen molar-refractivity contribution in [1.82, 2.24) is 15.1 Å². The molecular weight excluding hydrogens is 270 g/mol. The first kappa shape index (κ1) is 17.8. The molecule has 2 N–H and O–H groups in total. The summed E-state index contributed by atoms with van der Waals surface area (Å²) < 4.78 is 0. The summed E-state index contributed by atoms with van der Waals surface area (Å²) in [4.78, 5) is 26.8. The summed E-state index contributed by atoms with van der Waals surface area (Å²) in [6.07, 6.45) is 1.09. The zero-order valence-electron chi connectivity index (χ0n) is 13.6. The Morgan fingerprint density at radius 1 is 1.33 bits per heavy atom. The van der Waals surface area contributed by atoms with Gasteiger partial charge in [0.1, 0.15) is 0 Å². The first-order valence-corrected chi connectivity index (χ1v) is 7.81. The van der Waals surface area contributed by atoms with Gasteiger partial charge in [0, 0.05) is 31.7 Å². The van der Waals surface area contributed by atoms with Gasteiger partial charge < -0.3 is 20.2 Å². The molecule has 0 radical (unpaired) electrons. The Balaban J connectivity index is 2.38. The van der Waals surface area contributed by atoms with Crippen molar-refractivity contribution in [3.8, 4) is 0 Å². The normalized spacial score (nSPS) is 19.2. The van der Waals surface area contributed by atoms with E-state index < -0.39 is 5.97 Å². The lowest BCUT2D eigenvalue weighted by Crippen LogP contribution is -2.46. The SMILES string of the molecule is CC(C)N1CCC(CNC(=O)N(CCC(=O)O)C(C)C)C1. The minimum absolute atomic E-state index is 0.0000839. The minimum atomic E-state index is -0.878. The summed E-state index contributed by atoms with van der Waals surface area (Å²) >= 11 is 0. The average Bonchev–Trinajstić information content (AvgIpc) is 2.84. The number of likely N-dealkylation sites (tertiary alicyclic amines) is 1. The Kier molecular flexibility index (Phi) is 6.95. The number of hydrogen-bond donors (Lipinski definition) is 2. The molecule has 0 aliphatic carbocycles. The summed E-state index contributed by atoms with van der Waals surface area (Å²) in [6.45, 7) is 11.2. The van der Waals surface area contributed by atoms with Crippen LogP contribution < -0.4 is 5.32 Å². The Bertz CT molecular complexity index is 358. The number of carboxylic acids is 1. The van der Waals surface area contributed by atoms with Crippen LogP contribution in [-0.4, -0.2) is 65.2 Å². The number of urea groups is 1. The van der Waals surface area contributed by atoms with Crippen molar-refractivity contribution in [2.24, 2.45) is 5.92 Å². The van der Waals surface area contributed by atoms with Crippen LogP contribution in [-0.2, 0) is 4.79 Å². The average molecular weight is 299 g/mol. The van der Waals surface area contributed by atoms with Crippen molar-refractivity contribution in [2.45, 2.75) is 52.6 Å². The maximum Gasteiger partial charge on any atom is 0.317 e. The molecule has 1 fully saturated rings. The molecule has 2 amide bonds. The summed E-state index contributed by atoms with van der Waals surface area (Å²) in [6, 6.07) is 0.391. The summed E-state index contributed by atoms with van der Waals surface area (Å²) in [5, 5.41) is 11.7. The van der Waals surface area contributed by atoms with Gasteiger partial charge in [-0.1, -0.05) is 0 Å². The predicted octanol–water partition coefficient (Wildman–Crippen LogP) is 1.61. The van der Waals surface area contributed by atoms with E-state index in [1.165, 1.54) is 0 Å². The number of hydrogen-bond acceptors (Lipinski definition) is 3. The lowest BCUT2D eigenvalue weighted by molar-refractivity contribution is -0.137. The molecule has 0 aromatic heterocycles. The van der Waals surface area contributed by atoms with Gasteiger partial charge in [0.05, 0.1) is 6.42 Å². The fourth-order valence-electron chi connectivity index (χ4n) is 2.64. The molecule has 1 unspecified atom stereocenters. The highest BCUT2D eigenvalue weighted by molar-refractivity contribution is 5.75. The molecule has 1 aliphatic rings. The number of carbonyl (C=O) groups excluding carboxylic acids is 1. The Hall–Kier alpha value is -1.30. The second kappa shape index (κ2) is 8.22. The van der Waals surface area contributed by atoms with E-state index in [0.717, 1.165) is 19.5 Å². The second-order valence-corrected chi connectivity index (χ2v) is 6.36. The molecule has 0 bridgehead atoms. The highest BCUT2D eigenvalue weighted by Gasteiger charge is 2.25. The quantitative estimate of drug-likeness (QED) is 0.749. The maximum atomic E-state index is 12.2. The third-order valence-electron chi connectivity index (χ3n) is 4.04. The van der Waals surface area contributed by atoms with Crippen LogP contribution in [0.4, 0.5) is 4.79 Å². The zero-order valence-corrected chi connectivity index (χ0v) is 13.6. The lowest BCUT2D eigenvalue weighted by atomic mass is 10.1.